The first-order valence-electron chi connectivity index (χ1n) is 3.98. The van der Waals surface area contributed by atoms with Crippen molar-refractivity contribution < 1.29 is 9.53 Å². The molecule has 0 aliphatic heterocycles. The standard InChI is InChI=1S/C10H11IO2/c1-7-4-3-5-9(8(7)2)13-10(12)6-11/h3-5H,6H2,1-2H3. The molecule has 1 aromatic carbocycles. The van der Waals surface area contributed by atoms with E-state index in [1.165, 1.54) is 0 Å². The van der Waals surface area contributed by atoms with Gasteiger partial charge >= 0.3 is 5.97 Å². The summed E-state index contributed by atoms with van der Waals surface area (Å²) in [6.07, 6.45) is 0. The van der Waals surface area contributed by atoms with Gasteiger partial charge < -0.3 is 4.74 Å². The van der Waals surface area contributed by atoms with E-state index in [2.05, 4.69) is 0 Å². The van der Waals surface area contributed by atoms with E-state index in [1.807, 2.05) is 54.6 Å². The molecule has 0 saturated carbocycles. The topological polar surface area (TPSA) is 26.3 Å². The summed E-state index contributed by atoms with van der Waals surface area (Å²) < 4.78 is 5.51. The van der Waals surface area contributed by atoms with Crippen molar-refractivity contribution in [3.8, 4) is 5.75 Å². The van der Waals surface area contributed by atoms with E-state index in [0.29, 0.717) is 10.2 Å². The second-order valence-corrected chi connectivity index (χ2v) is 3.57. The Morgan fingerprint density at radius 3 is 2.77 bits per heavy atom. The van der Waals surface area contributed by atoms with Crippen molar-refractivity contribution >= 4 is 28.6 Å². The number of benzene rings is 1. The van der Waals surface area contributed by atoms with Crippen LogP contribution in [0.3, 0.4) is 0 Å². The third kappa shape index (κ3) is 2.69. The van der Waals surface area contributed by atoms with Crippen LogP contribution in [0.5, 0.6) is 5.75 Å². The van der Waals surface area contributed by atoms with Crippen LogP contribution >= 0.6 is 22.6 Å². The van der Waals surface area contributed by atoms with Gasteiger partial charge in [0.1, 0.15) is 5.75 Å². The van der Waals surface area contributed by atoms with Crippen molar-refractivity contribution in [1.82, 2.24) is 0 Å². The van der Waals surface area contributed by atoms with Crippen molar-refractivity contribution in [1.29, 1.82) is 0 Å². The Morgan fingerprint density at radius 2 is 2.15 bits per heavy atom. The van der Waals surface area contributed by atoms with Gasteiger partial charge in [-0.2, -0.15) is 0 Å². The molecule has 13 heavy (non-hydrogen) atoms. The third-order valence-electron chi connectivity index (χ3n) is 1.89. The quantitative estimate of drug-likeness (QED) is 0.362. The molecule has 0 aliphatic rings. The second kappa shape index (κ2) is 4.60. The Balaban J connectivity index is 2.89. The lowest BCUT2D eigenvalue weighted by Gasteiger charge is -2.07. The number of halogens is 1. The van der Waals surface area contributed by atoms with Crippen molar-refractivity contribution in [2.24, 2.45) is 0 Å². The number of carbonyl (C=O) groups is 1. The van der Waals surface area contributed by atoms with Gasteiger partial charge in [0.05, 0.1) is 4.43 Å². The number of alkyl halides is 1. The molecule has 0 heterocycles. The zero-order valence-electron chi connectivity index (χ0n) is 7.63. The number of rotatable bonds is 2. The minimum Gasteiger partial charge on any atom is -0.426 e. The first-order valence-corrected chi connectivity index (χ1v) is 5.50. The Kier molecular flexibility index (Phi) is 3.71. The summed E-state index contributed by atoms with van der Waals surface area (Å²) in [6.45, 7) is 3.95. The van der Waals surface area contributed by atoms with Gasteiger partial charge in [0.25, 0.3) is 0 Å². The first kappa shape index (κ1) is 10.5. The molecule has 0 radical (unpaired) electrons. The molecule has 1 aromatic rings. The predicted octanol–water partition coefficient (Wildman–Crippen LogP) is 2.64. The fourth-order valence-electron chi connectivity index (χ4n) is 0.985. The number of hydrogen-bond donors (Lipinski definition) is 0. The summed E-state index contributed by atoms with van der Waals surface area (Å²) >= 11 is 1.99. The molecule has 1 rings (SSSR count). The zero-order chi connectivity index (χ0) is 9.84. The van der Waals surface area contributed by atoms with Crippen LogP contribution in [0.1, 0.15) is 11.1 Å². The molecule has 0 N–H and O–H groups in total. The minimum atomic E-state index is -0.200. The van der Waals surface area contributed by atoms with Crippen LogP contribution in [0.4, 0.5) is 0 Å². The van der Waals surface area contributed by atoms with Crippen molar-refractivity contribution in [2.75, 3.05) is 4.43 Å². The first-order chi connectivity index (χ1) is 6.15. The molecule has 0 spiro atoms. The molecule has 0 saturated heterocycles. The number of esters is 1. The maximum atomic E-state index is 11.0. The van der Waals surface area contributed by atoms with Gasteiger partial charge in [0.2, 0.25) is 0 Å². The Labute approximate surface area is 91.4 Å². The largest absolute Gasteiger partial charge is 0.426 e. The van der Waals surface area contributed by atoms with Gasteiger partial charge in [-0.05, 0) is 31.0 Å². The average Bonchev–Trinajstić information content (AvgIpc) is 2.13. The molecule has 0 atom stereocenters. The smallest absolute Gasteiger partial charge is 0.321 e. The van der Waals surface area contributed by atoms with Crippen LogP contribution < -0.4 is 4.74 Å². The van der Waals surface area contributed by atoms with Gasteiger partial charge in [-0.1, -0.05) is 34.7 Å². The zero-order valence-corrected chi connectivity index (χ0v) is 9.79. The van der Waals surface area contributed by atoms with Gasteiger partial charge in [-0.25, -0.2) is 0 Å². The molecule has 0 aliphatic carbocycles. The van der Waals surface area contributed by atoms with Crippen molar-refractivity contribution in [3.63, 3.8) is 0 Å². The van der Waals surface area contributed by atoms with Gasteiger partial charge in [0, 0.05) is 0 Å². The van der Waals surface area contributed by atoms with E-state index >= 15 is 0 Å². The maximum absolute atomic E-state index is 11.0. The van der Waals surface area contributed by atoms with Crippen molar-refractivity contribution in [3.05, 3.63) is 29.3 Å². The molecular formula is C10H11IO2. The molecule has 3 heteroatoms. The molecule has 2 nitrogen and oxygen atoms in total. The lowest BCUT2D eigenvalue weighted by molar-refractivity contribution is -0.131. The highest BCUT2D eigenvalue weighted by Gasteiger charge is 2.05. The highest BCUT2D eigenvalue weighted by atomic mass is 127. The van der Waals surface area contributed by atoms with E-state index in [0.717, 1.165) is 11.1 Å². The molecule has 0 amide bonds. The highest BCUT2D eigenvalue weighted by Crippen LogP contribution is 2.20. The van der Waals surface area contributed by atoms with Gasteiger partial charge in [-0.3, -0.25) is 4.79 Å². The Bertz CT molecular complexity index is 321. The second-order valence-electron chi connectivity index (χ2n) is 2.81. The molecule has 0 unspecified atom stereocenters. The number of aryl methyl sites for hydroxylation is 1. The van der Waals surface area contributed by atoms with Crippen LogP contribution in [-0.4, -0.2) is 10.4 Å². The Hall–Kier alpha value is -0.580. The third-order valence-corrected chi connectivity index (χ3v) is 2.51. The SMILES string of the molecule is Cc1cccc(OC(=O)CI)c1C. The fourth-order valence-corrected chi connectivity index (χ4v) is 1.14. The van der Waals surface area contributed by atoms with Crippen LogP contribution in [0.25, 0.3) is 0 Å². The van der Waals surface area contributed by atoms with Crippen LogP contribution in [-0.2, 0) is 4.79 Å². The average molecular weight is 290 g/mol. The van der Waals surface area contributed by atoms with E-state index in [4.69, 9.17) is 4.74 Å². The van der Waals surface area contributed by atoms with Crippen LogP contribution in [0.2, 0.25) is 0 Å². The molecule has 0 aromatic heterocycles. The fraction of sp³-hybridized carbons (Fsp3) is 0.300. The van der Waals surface area contributed by atoms with Gasteiger partial charge in [0.15, 0.2) is 0 Å². The molecule has 0 fully saturated rings. The molecular weight excluding hydrogens is 279 g/mol. The van der Waals surface area contributed by atoms with Crippen LogP contribution in [0, 0.1) is 13.8 Å². The van der Waals surface area contributed by atoms with E-state index in [-0.39, 0.29) is 5.97 Å². The highest BCUT2D eigenvalue weighted by molar-refractivity contribution is 14.1. The molecule has 70 valence electrons. The van der Waals surface area contributed by atoms with Gasteiger partial charge in [-0.15, -0.1) is 0 Å². The number of ether oxygens (including phenoxy) is 1. The predicted molar refractivity (Wildman–Crippen MR) is 60.4 cm³/mol. The number of hydrogen-bond acceptors (Lipinski definition) is 2. The summed E-state index contributed by atoms with van der Waals surface area (Å²) in [5, 5.41) is 0. The lowest BCUT2D eigenvalue weighted by atomic mass is 10.1. The summed E-state index contributed by atoms with van der Waals surface area (Å²) in [7, 11) is 0. The maximum Gasteiger partial charge on any atom is 0.321 e. The van der Waals surface area contributed by atoms with E-state index < -0.39 is 0 Å². The minimum absolute atomic E-state index is 0.200. The summed E-state index contributed by atoms with van der Waals surface area (Å²) in [4.78, 5) is 11.0. The van der Waals surface area contributed by atoms with Crippen LogP contribution in [0.15, 0.2) is 18.2 Å². The summed E-state index contributed by atoms with van der Waals surface area (Å²) in [5.74, 6) is 0.468. The van der Waals surface area contributed by atoms with E-state index in [1.54, 1.807) is 0 Å². The monoisotopic (exact) mass is 290 g/mol. The molecule has 0 bridgehead atoms. The number of carbonyl (C=O) groups excluding carboxylic acids is 1. The lowest BCUT2D eigenvalue weighted by Crippen LogP contribution is -2.09. The summed E-state index contributed by atoms with van der Waals surface area (Å²) in [5.41, 5.74) is 2.17. The Morgan fingerprint density at radius 1 is 1.46 bits per heavy atom. The van der Waals surface area contributed by atoms with Crippen molar-refractivity contribution in [2.45, 2.75) is 13.8 Å². The normalized spacial score (nSPS) is 9.77. The summed E-state index contributed by atoms with van der Waals surface area (Å²) in [6, 6.07) is 5.70. The van der Waals surface area contributed by atoms with E-state index in [9.17, 15) is 4.79 Å².